The van der Waals surface area contributed by atoms with Crippen LogP contribution in [0.4, 0.5) is 4.39 Å². The van der Waals surface area contributed by atoms with E-state index in [-0.39, 0.29) is 21.4 Å². The van der Waals surface area contributed by atoms with Gasteiger partial charge in [0.2, 0.25) is 20.0 Å². The van der Waals surface area contributed by atoms with Crippen LogP contribution in [0.5, 0.6) is 0 Å². The van der Waals surface area contributed by atoms with Crippen LogP contribution in [-0.4, -0.2) is 23.4 Å². The Hall–Kier alpha value is -1.52. The van der Waals surface area contributed by atoms with Gasteiger partial charge in [0.15, 0.2) is 0 Å². The quantitative estimate of drug-likeness (QED) is 0.779. The SMILES string of the molecule is NS(=O)(=O)c1ccc(CCNS(=O)(=O)c2ccc(F)c(Cl)c2)cc1. The predicted octanol–water partition coefficient (Wildman–Crippen LogP) is 1.65. The van der Waals surface area contributed by atoms with Gasteiger partial charge in [0.1, 0.15) is 5.82 Å². The summed E-state index contributed by atoms with van der Waals surface area (Å²) in [5.41, 5.74) is 0.724. The second-order valence-electron chi connectivity index (χ2n) is 4.91. The molecule has 0 radical (unpaired) electrons. The highest BCUT2D eigenvalue weighted by molar-refractivity contribution is 7.89. The first kappa shape index (κ1) is 18.8. The monoisotopic (exact) mass is 392 g/mol. The number of primary sulfonamides is 1. The summed E-state index contributed by atoms with van der Waals surface area (Å²) in [5.74, 6) is -0.703. The molecule has 6 nitrogen and oxygen atoms in total. The number of nitrogens with two attached hydrogens (primary N) is 1. The van der Waals surface area contributed by atoms with E-state index >= 15 is 0 Å². The van der Waals surface area contributed by atoms with E-state index in [2.05, 4.69) is 4.72 Å². The molecule has 0 atom stereocenters. The molecule has 0 saturated heterocycles. The molecule has 0 aromatic heterocycles. The Morgan fingerprint density at radius 1 is 1.00 bits per heavy atom. The van der Waals surface area contributed by atoms with Gasteiger partial charge in [-0.1, -0.05) is 23.7 Å². The summed E-state index contributed by atoms with van der Waals surface area (Å²) in [6.45, 7) is 0.0754. The van der Waals surface area contributed by atoms with Gasteiger partial charge in [0.25, 0.3) is 0 Å². The Balaban J connectivity index is 2.01. The van der Waals surface area contributed by atoms with Gasteiger partial charge in [0.05, 0.1) is 14.8 Å². The Morgan fingerprint density at radius 3 is 2.12 bits per heavy atom. The standard InChI is InChI=1S/C14H14ClFN2O4S2/c15-13-9-12(5-6-14(13)16)24(21,22)18-8-7-10-1-3-11(4-2-10)23(17,19)20/h1-6,9,18H,7-8H2,(H2,17,19,20). The zero-order valence-corrected chi connectivity index (χ0v) is 14.6. The van der Waals surface area contributed by atoms with Crippen LogP contribution in [0.25, 0.3) is 0 Å². The Bertz CT molecular complexity index is 945. The number of hydrogen-bond acceptors (Lipinski definition) is 4. The molecule has 0 heterocycles. The minimum atomic E-state index is -3.82. The van der Waals surface area contributed by atoms with Crippen molar-refractivity contribution in [1.82, 2.24) is 4.72 Å². The van der Waals surface area contributed by atoms with E-state index in [0.717, 1.165) is 23.8 Å². The average Bonchev–Trinajstić information content (AvgIpc) is 2.49. The van der Waals surface area contributed by atoms with Crippen molar-refractivity contribution in [2.24, 2.45) is 5.14 Å². The molecule has 130 valence electrons. The average molecular weight is 393 g/mol. The molecule has 10 heteroatoms. The Labute approximate surface area is 144 Å². The lowest BCUT2D eigenvalue weighted by Crippen LogP contribution is -2.26. The molecule has 0 amide bonds. The minimum Gasteiger partial charge on any atom is -0.225 e. The van der Waals surface area contributed by atoms with Gasteiger partial charge in [-0.3, -0.25) is 0 Å². The summed E-state index contributed by atoms with van der Waals surface area (Å²) in [6.07, 6.45) is 0.332. The van der Waals surface area contributed by atoms with Crippen LogP contribution in [0.15, 0.2) is 52.3 Å². The fourth-order valence-corrected chi connectivity index (χ4v) is 3.72. The highest BCUT2D eigenvalue weighted by Gasteiger charge is 2.15. The van der Waals surface area contributed by atoms with Crippen molar-refractivity contribution >= 4 is 31.6 Å². The minimum absolute atomic E-state index is 0.0206. The summed E-state index contributed by atoms with van der Waals surface area (Å²) in [7, 11) is -7.58. The molecule has 0 aliphatic rings. The summed E-state index contributed by atoms with van der Waals surface area (Å²) >= 11 is 5.57. The second kappa shape index (κ2) is 7.16. The zero-order chi connectivity index (χ0) is 18.0. The van der Waals surface area contributed by atoms with Crippen molar-refractivity contribution in [3.05, 3.63) is 58.9 Å². The third-order valence-corrected chi connectivity index (χ3v) is 5.84. The van der Waals surface area contributed by atoms with Crippen molar-refractivity contribution in [3.8, 4) is 0 Å². The van der Waals surface area contributed by atoms with E-state index in [9.17, 15) is 21.2 Å². The molecular formula is C14H14ClFN2O4S2. The lowest BCUT2D eigenvalue weighted by atomic mass is 10.2. The molecule has 0 aliphatic heterocycles. The predicted molar refractivity (Wildman–Crippen MR) is 88.1 cm³/mol. The van der Waals surface area contributed by atoms with Crippen LogP contribution < -0.4 is 9.86 Å². The fourth-order valence-electron chi connectivity index (χ4n) is 1.90. The largest absolute Gasteiger partial charge is 0.240 e. The molecule has 2 aromatic rings. The molecule has 2 aromatic carbocycles. The zero-order valence-electron chi connectivity index (χ0n) is 12.2. The molecule has 0 bridgehead atoms. The van der Waals surface area contributed by atoms with Crippen molar-refractivity contribution in [2.75, 3.05) is 6.54 Å². The second-order valence-corrected chi connectivity index (χ2v) is 8.65. The van der Waals surface area contributed by atoms with Gasteiger partial charge < -0.3 is 0 Å². The maximum atomic E-state index is 13.1. The van der Waals surface area contributed by atoms with Gasteiger partial charge in [-0.05, 0) is 42.3 Å². The van der Waals surface area contributed by atoms with E-state index in [1.807, 2.05) is 0 Å². The van der Waals surface area contributed by atoms with Crippen molar-refractivity contribution < 1.29 is 21.2 Å². The molecular weight excluding hydrogens is 379 g/mol. The number of rotatable bonds is 6. The summed E-state index contributed by atoms with van der Waals surface area (Å²) in [5, 5.41) is 4.71. The normalized spacial score (nSPS) is 12.3. The molecule has 0 unspecified atom stereocenters. The molecule has 0 aliphatic carbocycles. The maximum absolute atomic E-state index is 13.1. The van der Waals surface area contributed by atoms with Crippen LogP contribution >= 0.6 is 11.6 Å². The number of benzene rings is 2. The summed E-state index contributed by atoms with van der Waals surface area (Å²) < 4.78 is 61.9. The molecule has 2 rings (SSSR count). The lowest BCUT2D eigenvalue weighted by molar-refractivity contribution is 0.580. The molecule has 0 fully saturated rings. The van der Waals surface area contributed by atoms with Crippen LogP contribution in [0.1, 0.15) is 5.56 Å². The van der Waals surface area contributed by atoms with Gasteiger partial charge in [0, 0.05) is 6.54 Å². The van der Waals surface area contributed by atoms with Crippen LogP contribution in [-0.2, 0) is 26.5 Å². The fraction of sp³-hybridized carbons (Fsp3) is 0.143. The van der Waals surface area contributed by atoms with E-state index in [1.54, 1.807) is 12.1 Å². The van der Waals surface area contributed by atoms with E-state index in [1.165, 1.54) is 12.1 Å². The first-order chi connectivity index (χ1) is 11.1. The highest BCUT2D eigenvalue weighted by Crippen LogP contribution is 2.19. The molecule has 3 N–H and O–H groups in total. The van der Waals surface area contributed by atoms with E-state index < -0.39 is 25.9 Å². The van der Waals surface area contributed by atoms with Crippen molar-refractivity contribution in [3.63, 3.8) is 0 Å². The summed E-state index contributed by atoms with van der Waals surface area (Å²) in [4.78, 5) is -0.161. The van der Waals surface area contributed by atoms with Crippen LogP contribution in [0.3, 0.4) is 0 Å². The Kier molecular flexibility index (Phi) is 5.61. The van der Waals surface area contributed by atoms with Crippen molar-refractivity contribution in [1.29, 1.82) is 0 Å². The lowest BCUT2D eigenvalue weighted by Gasteiger charge is -2.08. The third-order valence-electron chi connectivity index (χ3n) is 3.16. The molecule has 0 spiro atoms. The number of hydrogen-bond donors (Lipinski definition) is 2. The van der Waals surface area contributed by atoms with Gasteiger partial charge >= 0.3 is 0 Å². The van der Waals surface area contributed by atoms with Crippen molar-refractivity contribution in [2.45, 2.75) is 16.2 Å². The summed E-state index contributed by atoms with van der Waals surface area (Å²) in [6, 6.07) is 8.90. The molecule has 0 saturated carbocycles. The van der Waals surface area contributed by atoms with E-state index in [4.69, 9.17) is 16.7 Å². The van der Waals surface area contributed by atoms with Crippen LogP contribution in [0.2, 0.25) is 5.02 Å². The Morgan fingerprint density at radius 2 is 1.58 bits per heavy atom. The van der Waals surface area contributed by atoms with E-state index in [0.29, 0.717) is 6.42 Å². The topological polar surface area (TPSA) is 106 Å². The van der Waals surface area contributed by atoms with Gasteiger partial charge in [-0.25, -0.2) is 31.1 Å². The number of sulfonamides is 2. The third kappa shape index (κ3) is 4.74. The first-order valence-corrected chi connectivity index (χ1v) is 10.1. The van der Waals surface area contributed by atoms with Gasteiger partial charge in [-0.2, -0.15) is 0 Å². The highest BCUT2D eigenvalue weighted by atomic mass is 35.5. The molecule has 24 heavy (non-hydrogen) atoms. The maximum Gasteiger partial charge on any atom is 0.240 e. The van der Waals surface area contributed by atoms with Gasteiger partial charge in [-0.15, -0.1) is 0 Å². The number of halogens is 2. The number of nitrogens with one attached hydrogen (secondary N) is 1. The first-order valence-electron chi connectivity index (χ1n) is 6.66. The smallest absolute Gasteiger partial charge is 0.225 e. The van der Waals surface area contributed by atoms with Crippen LogP contribution in [0, 0.1) is 5.82 Å².